The van der Waals surface area contributed by atoms with Gasteiger partial charge in [-0.2, -0.15) is 0 Å². The summed E-state index contributed by atoms with van der Waals surface area (Å²) in [6.07, 6.45) is 0.741. The van der Waals surface area contributed by atoms with Crippen LogP contribution in [0.1, 0.15) is 60.3 Å². The molecule has 0 aromatic heterocycles. The van der Waals surface area contributed by atoms with Crippen LogP contribution in [0.15, 0.2) is 72.8 Å². The number of phenols is 1. The first kappa shape index (κ1) is 18.9. The van der Waals surface area contributed by atoms with Gasteiger partial charge in [0.05, 0.1) is 5.56 Å². The lowest BCUT2D eigenvalue weighted by molar-refractivity contribution is 0.112. The Labute approximate surface area is 161 Å². The van der Waals surface area contributed by atoms with E-state index in [9.17, 15) is 9.90 Å². The van der Waals surface area contributed by atoms with E-state index in [-0.39, 0.29) is 11.2 Å². The van der Waals surface area contributed by atoms with E-state index in [1.165, 1.54) is 0 Å². The average molecular weight is 358 g/mol. The fourth-order valence-electron chi connectivity index (χ4n) is 3.62. The topological polar surface area (TPSA) is 37.3 Å². The highest BCUT2D eigenvalue weighted by atomic mass is 16.3. The van der Waals surface area contributed by atoms with Crippen molar-refractivity contribution in [2.75, 3.05) is 0 Å². The molecule has 0 radical (unpaired) electrons. The minimum Gasteiger partial charge on any atom is -0.507 e. The third-order valence-corrected chi connectivity index (χ3v) is 5.65. The zero-order valence-corrected chi connectivity index (χ0v) is 16.4. The summed E-state index contributed by atoms with van der Waals surface area (Å²) < 4.78 is 0. The summed E-state index contributed by atoms with van der Waals surface area (Å²) >= 11 is 0. The van der Waals surface area contributed by atoms with Gasteiger partial charge in [0, 0.05) is 16.4 Å². The van der Waals surface area contributed by atoms with E-state index in [2.05, 4.69) is 52.0 Å². The van der Waals surface area contributed by atoms with E-state index in [0.29, 0.717) is 5.56 Å². The van der Waals surface area contributed by atoms with Gasteiger partial charge in [-0.1, -0.05) is 94.4 Å². The average Bonchev–Trinajstić information content (AvgIpc) is 2.69. The Balaban J connectivity index is 2.22. The summed E-state index contributed by atoms with van der Waals surface area (Å²) in [5.41, 5.74) is 3.61. The molecule has 2 heteroatoms. The van der Waals surface area contributed by atoms with E-state index < -0.39 is 5.41 Å². The standard InChI is InChI=1S/C25H26O2/c1-24(2,19-11-7-5-8-12-19)21-15-18(17-26)23(27)22(16-21)25(3,4)20-13-9-6-10-14-20/h5-17,27H,1-4H3. The molecular weight excluding hydrogens is 332 g/mol. The molecule has 1 N–H and O–H groups in total. The van der Waals surface area contributed by atoms with Crippen LogP contribution in [0, 0.1) is 0 Å². The Morgan fingerprint density at radius 1 is 0.704 bits per heavy atom. The molecule has 3 aromatic carbocycles. The zero-order valence-electron chi connectivity index (χ0n) is 16.4. The summed E-state index contributed by atoms with van der Waals surface area (Å²) in [6, 6.07) is 24.1. The number of rotatable bonds is 5. The number of carbonyl (C=O) groups excluding carboxylic acids is 1. The fourth-order valence-corrected chi connectivity index (χ4v) is 3.62. The van der Waals surface area contributed by atoms with Crippen LogP contribution >= 0.6 is 0 Å². The Morgan fingerprint density at radius 2 is 1.19 bits per heavy atom. The molecular formula is C25H26O2. The molecule has 0 aliphatic carbocycles. The van der Waals surface area contributed by atoms with Crippen LogP contribution in [0.5, 0.6) is 5.75 Å². The molecule has 0 amide bonds. The molecule has 0 saturated carbocycles. The Kier molecular flexibility index (Phi) is 4.93. The molecule has 0 unspecified atom stereocenters. The van der Waals surface area contributed by atoms with Crippen LogP contribution in [-0.4, -0.2) is 11.4 Å². The molecule has 0 atom stereocenters. The van der Waals surface area contributed by atoms with Gasteiger partial charge in [0.15, 0.2) is 6.29 Å². The molecule has 0 heterocycles. The van der Waals surface area contributed by atoms with Gasteiger partial charge in [0.2, 0.25) is 0 Å². The highest BCUT2D eigenvalue weighted by Gasteiger charge is 2.31. The highest BCUT2D eigenvalue weighted by Crippen LogP contribution is 2.42. The van der Waals surface area contributed by atoms with Crippen molar-refractivity contribution < 1.29 is 9.90 Å². The number of hydrogen-bond acceptors (Lipinski definition) is 2. The second-order valence-corrected chi connectivity index (χ2v) is 8.06. The minimum atomic E-state index is -0.439. The first-order valence-corrected chi connectivity index (χ1v) is 9.22. The minimum absolute atomic E-state index is 0.0615. The van der Waals surface area contributed by atoms with Crippen molar-refractivity contribution in [2.24, 2.45) is 0 Å². The van der Waals surface area contributed by atoms with Gasteiger partial charge in [-0.05, 0) is 22.8 Å². The summed E-state index contributed by atoms with van der Waals surface area (Å²) in [7, 11) is 0. The summed E-state index contributed by atoms with van der Waals surface area (Å²) in [6.45, 7) is 8.43. The number of hydrogen-bond donors (Lipinski definition) is 1. The zero-order chi connectivity index (χ0) is 19.7. The highest BCUT2D eigenvalue weighted by molar-refractivity contribution is 5.81. The number of phenolic OH excluding ortho intramolecular Hbond substituents is 1. The largest absolute Gasteiger partial charge is 0.507 e. The van der Waals surface area contributed by atoms with Crippen molar-refractivity contribution in [1.29, 1.82) is 0 Å². The van der Waals surface area contributed by atoms with Gasteiger partial charge >= 0.3 is 0 Å². The van der Waals surface area contributed by atoms with E-state index in [1.807, 2.05) is 42.5 Å². The summed E-state index contributed by atoms with van der Waals surface area (Å²) in [5, 5.41) is 10.8. The van der Waals surface area contributed by atoms with Crippen molar-refractivity contribution in [2.45, 2.75) is 38.5 Å². The lowest BCUT2D eigenvalue weighted by atomic mass is 9.72. The number of aromatic hydroxyl groups is 1. The Bertz CT molecular complexity index is 939. The molecule has 3 aromatic rings. The van der Waals surface area contributed by atoms with E-state index in [1.54, 1.807) is 6.07 Å². The predicted molar refractivity (Wildman–Crippen MR) is 111 cm³/mol. The van der Waals surface area contributed by atoms with Gasteiger partial charge in [0.1, 0.15) is 5.75 Å². The number of aldehydes is 1. The van der Waals surface area contributed by atoms with Gasteiger partial charge in [-0.25, -0.2) is 0 Å². The summed E-state index contributed by atoms with van der Waals surface area (Å²) in [4.78, 5) is 11.7. The molecule has 3 rings (SSSR count). The smallest absolute Gasteiger partial charge is 0.153 e. The van der Waals surface area contributed by atoms with Crippen LogP contribution in [0.25, 0.3) is 0 Å². The van der Waals surface area contributed by atoms with Crippen molar-refractivity contribution in [3.63, 3.8) is 0 Å². The van der Waals surface area contributed by atoms with Crippen molar-refractivity contribution in [3.05, 3.63) is 101 Å². The first-order chi connectivity index (χ1) is 12.8. The van der Waals surface area contributed by atoms with Crippen LogP contribution in [-0.2, 0) is 10.8 Å². The molecule has 2 nitrogen and oxygen atoms in total. The van der Waals surface area contributed by atoms with Gasteiger partial charge < -0.3 is 5.11 Å². The molecule has 27 heavy (non-hydrogen) atoms. The van der Waals surface area contributed by atoms with Crippen LogP contribution in [0.2, 0.25) is 0 Å². The lowest BCUT2D eigenvalue weighted by Crippen LogP contribution is -2.23. The fraction of sp³-hybridized carbons (Fsp3) is 0.240. The van der Waals surface area contributed by atoms with E-state index in [0.717, 1.165) is 28.5 Å². The molecule has 0 fully saturated rings. The van der Waals surface area contributed by atoms with E-state index >= 15 is 0 Å². The quantitative estimate of drug-likeness (QED) is 0.580. The predicted octanol–water partition coefficient (Wildman–Crippen LogP) is 5.86. The van der Waals surface area contributed by atoms with Gasteiger partial charge in [-0.3, -0.25) is 4.79 Å². The molecule has 0 saturated heterocycles. The molecule has 138 valence electrons. The van der Waals surface area contributed by atoms with Crippen molar-refractivity contribution in [1.82, 2.24) is 0 Å². The normalized spacial score (nSPS) is 12.0. The van der Waals surface area contributed by atoms with Crippen molar-refractivity contribution >= 4 is 6.29 Å². The SMILES string of the molecule is CC(C)(c1ccccc1)c1cc(C=O)c(O)c(C(C)(C)c2ccccc2)c1. The van der Waals surface area contributed by atoms with Gasteiger partial charge in [-0.15, -0.1) is 0 Å². The second kappa shape index (κ2) is 7.03. The molecule has 0 aliphatic heterocycles. The van der Waals surface area contributed by atoms with Crippen LogP contribution < -0.4 is 0 Å². The second-order valence-electron chi connectivity index (χ2n) is 8.06. The maximum Gasteiger partial charge on any atom is 0.153 e. The lowest BCUT2D eigenvalue weighted by Gasteiger charge is -2.32. The van der Waals surface area contributed by atoms with Crippen LogP contribution in [0.4, 0.5) is 0 Å². The maximum absolute atomic E-state index is 11.7. The number of benzene rings is 3. The Hall–Kier alpha value is -2.87. The molecule has 0 aliphatic rings. The molecule has 0 bridgehead atoms. The monoisotopic (exact) mass is 358 g/mol. The maximum atomic E-state index is 11.7. The third kappa shape index (κ3) is 3.40. The van der Waals surface area contributed by atoms with Crippen LogP contribution in [0.3, 0.4) is 0 Å². The van der Waals surface area contributed by atoms with E-state index in [4.69, 9.17) is 0 Å². The Morgan fingerprint density at radius 3 is 1.67 bits per heavy atom. The summed E-state index contributed by atoms with van der Waals surface area (Å²) in [5.74, 6) is 0.0615. The molecule has 0 spiro atoms. The number of carbonyl (C=O) groups is 1. The van der Waals surface area contributed by atoms with Gasteiger partial charge in [0.25, 0.3) is 0 Å². The first-order valence-electron chi connectivity index (χ1n) is 9.22. The third-order valence-electron chi connectivity index (χ3n) is 5.65. The van der Waals surface area contributed by atoms with Crippen molar-refractivity contribution in [3.8, 4) is 5.75 Å².